The van der Waals surface area contributed by atoms with Gasteiger partial charge in [0.05, 0.1) is 49.3 Å². The molecule has 53 heavy (non-hydrogen) atoms. The Kier molecular flexibility index (Phi) is 13.4. The number of piperazine rings is 1. The van der Waals surface area contributed by atoms with Crippen molar-refractivity contribution < 1.29 is 49.0 Å². The predicted octanol–water partition coefficient (Wildman–Crippen LogP) is -0.693. The van der Waals surface area contributed by atoms with Crippen LogP contribution in [0, 0.1) is 0 Å². The fraction of sp³-hybridized carbons (Fsp3) is 0.757. The Bertz CT molecular complexity index is 1410. The number of nitrogens with one attached hydrogen (secondary N) is 2. The van der Waals surface area contributed by atoms with Gasteiger partial charge in [0.25, 0.3) is 5.91 Å². The molecule has 0 aromatic heterocycles. The molecular weight excluding hydrogens is 688 g/mol. The molecule has 1 aromatic rings. The number of aliphatic hydroxyl groups excluding tert-OH is 3. The second kappa shape index (κ2) is 17.3. The van der Waals surface area contributed by atoms with E-state index in [9.17, 15) is 34.8 Å². The zero-order chi connectivity index (χ0) is 38.6. The molecule has 16 heteroatoms. The summed E-state index contributed by atoms with van der Waals surface area (Å²) in [6.45, 7) is 14.3. The van der Waals surface area contributed by atoms with E-state index in [1.807, 2.05) is 32.9 Å². The zero-order valence-electron chi connectivity index (χ0n) is 31.8. The number of hydrogen-bond donors (Lipinski definition) is 6. The fourth-order valence-corrected chi connectivity index (χ4v) is 7.84. The highest BCUT2D eigenvalue weighted by Crippen LogP contribution is 2.38. The molecule has 5 rings (SSSR count). The Labute approximate surface area is 312 Å². The van der Waals surface area contributed by atoms with E-state index in [0.29, 0.717) is 45.1 Å². The van der Waals surface area contributed by atoms with Crippen LogP contribution in [0.2, 0.25) is 0 Å². The number of aliphatic hydroxyl groups is 3. The summed E-state index contributed by atoms with van der Waals surface area (Å²) in [6, 6.07) is 5.91. The Morgan fingerprint density at radius 3 is 2.40 bits per heavy atom. The van der Waals surface area contributed by atoms with Gasteiger partial charge in [-0.1, -0.05) is 0 Å². The summed E-state index contributed by atoms with van der Waals surface area (Å²) in [5, 5.41) is 49.7. The molecule has 0 saturated carbocycles. The Morgan fingerprint density at radius 1 is 1.06 bits per heavy atom. The number of likely N-dealkylation sites (tertiary alicyclic amines) is 1. The molecule has 4 aliphatic heterocycles. The van der Waals surface area contributed by atoms with Crippen LogP contribution >= 0.6 is 0 Å². The van der Waals surface area contributed by atoms with Crippen LogP contribution in [0.4, 0.5) is 5.69 Å². The third kappa shape index (κ3) is 10.2. The topological polar surface area (TPSA) is 197 Å². The molecule has 1 aromatic carbocycles. The van der Waals surface area contributed by atoms with Gasteiger partial charge in [-0.2, -0.15) is 0 Å². The van der Waals surface area contributed by atoms with Crippen molar-refractivity contribution in [1.82, 2.24) is 25.3 Å². The van der Waals surface area contributed by atoms with E-state index in [2.05, 4.69) is 37.3 Å². The van der Waals surface area contributed by atoms with Gasteiger partial charge in [0, 0.05) is 89.9 Å². The first-order valence-electron chi connectivity index (χ1n) is 18.7. The van der Waals surface area contributed by atoms with Gasteiger partial charge in [0.15, 0.2) is 5.60 Å². The molecule has 2 amide bonds. The number of amides is 2. The number of nitrogens with zero attached hydrogens (tertiary/aromatic N) is 4. The normalized spacial score (nSPS) is 30.3. The largest absolute Gasteiger partial charge is 0.479 e. The lowest BCUT2D eigenvalue weighted by molar-refractivity contribution is -0.231. The number of likely N-dealkylation sites (N-methyl/N-ethyl adjacent to an activating group) is 1. The Morgan fingerprint density at radius 2 is 1.75 bits per heavy atom. The maximum atomic E-state index is 13.0. The number of hydrogen-bond acceptors (Lipinski definition) is 13. The number of carboxylic acids is 1. The number of anilines is 1. The predicted molar refractivity (Wildman–Crippen MR) is 196 cm³/mol. The number of aliphatic carboxylic acids is 1. The highest BCUT2D eigenvalue weighted by Gasteiger charge is 2.55. The van der Waals surface area contributed by atoms with Crippen LogP contribution in [0.1, 0.15) is 57.3 Å². The molecule has 0 aliphatic carbocycles. The smallest absolute Gasteiger partial charge is 0.336 e. The van der Waals surface area contributed by atoms with E-state index in [0.717, 1.165) is 44.8 Å². The van der Waals surface area contributed by atoms with Gasteiger partial charge in [-0.15, -0.1) is 0 Å². The summed E-state index contributed by atoms with van der Waals surface area (Å²) in [5.74, 6) is -2.33. The number of morpholine rings is 1. The van der Waals surface area contributed by atoms with Crippen molar-refractivity contribution in [2.45, 2.75) is 94.2 Å². The monoisotopic (exact) mass is 748 g/mol. The van der Waals surface area contributed by atoms with Crippen LogP contribution in [-0.4, -0.2) is 186 Å². The van der Waals surface area contributed by atoms with E-state index in [-0.39, 0.29) is 24.0 Å². The maximum Gasteiger partial charge on any atom is 0.336 e. The van der Waals surface area contributed by atoms with Gasteiger partial charge in [-0.05, 0) is 58.5 Å². The van der Waals surface area contributed by atoms with Gasteiger partial charge in [-0.25, -0.2) is 4.79 Å². The minimum atomic E-state index is -1.94. The van der Waals surface area contributed by atoms with Crippen LogP contribution in [0.5, 0.6) is 0 Å². The summed E-state index contributed by atoms with van der Waals surface area (Å²) < 4.78 is 18.1. The van der Waals surface area contributed by atoms with E-state index >= 15 is 0 Å². The van der Waals surface area contributed by atoms with Crippen molar-refractivity contribution >= 4 is 23.5 Å². The molecule has 0 radical (unpaired) electrons. The van der Waals surface area contributed by atoms with Crippen molar-refractivity contribution in [3.8, 4) is 0 Å². The van der Waals surface area contributed by atoms with Gasteiger partial charge in [0.1, 0.15) is 12.2 Å². The average molecular weight is 749 g/mol. The molecule has 4 fully saturated rings. The number of carbonyl (C=O) groups excluding carboxylic acids is 2. The quantitative estimate of drug-likeness (QED) is 0.148. The molecule has 4 heterocycles. The molecule has 6 N–H and O–H groups in total. The number of ether oxygens (including phenoxy) is 3. The Balaban J connectivity index is 1.24. The lowest BCUT2D eigenvalue weighted by atomic mass is 9.81. The molecule has 1 spiro atoms. The first-order chi connectivity index (χ1) is 25.0. The molecule has 0 bridgehead atoms. The van der Waals surface area contributed by atoms with Crippen LogP contribution in [0.25, 0.3) is 0 Å². The van der Waals surface area contributed by atoms with Crippen molar-refractivity contribution in [2.24, 2.45) is 0 Å². The minimum absolute atomic E-state index is 0.0351. The summed E-state index contributed by atoms with van der Waals surface area (Å²) in [5.41, 5.74) is -1.23. The van der Waals surface area contributed by atoms with Crippen LogP contribution in [0.3, 0.4) is 0 Å². The molecule has 4 saturated heterocycles. The standard InChI is InChI=1S/C37H60N6O10/c1-25(44)39-30-28(45)20-37(34(49)50,11-13-43-18-19-51-23-36(43)10-12-41(22-36)24-52-35(2,3)4)53-32(30)31(47)29(46)21-38-33(48)26-6-8-27(9-7-26)42-16-14-40(5)15-17-42/h6-9,28-32,45-47H,10-24H2,1-5H3,(H,38,48)(H,39,44)(H,49,50)/t28-,29+,30+,31+,32+,36-,37+/m0/s1. The number of carboxylic acid groups (broad SMARTS) is 1. The SMILES string of the molecule is CC(=O)N[C@H]1[C@H]([C@H](O)[C@H](O)CNC(=O)c2ccc(N3CCN(C)CC3)cc2)O[C@@](CCN2CCOC[C@@]23CCN(COC(C)(C)C)C3)(C(=O)O)C[C@@H]1O. The van der Waals surface area contributed by atoms with Crippen molar-refractivity contribution in [3.05, 3.63) is 29.8 Å². The zero-order valence-corrected chi connectivity index (χ0v) is 31.8. The van der Waals surface area contributed by atoms with Crippen molar-refractivity contribution in [2.75, 3.05) is 90.8 Å². The molecule has 298 valence electrons. The molecule has 4 aliphatic rings. The van der Waals surface area contributed by atoms with E-state index < -0.39 is 60.4 Å². The van der Waals surface area contributed by atoms with Crippen molar-refractivity contribution in [3.63, 3.8) is 0 Å². The minimum Gasteiger partial charge on any atom is -0.479 e. The van der Waals surface area contributed by atoms with Gasteiger partial charge >= 0.3 is 5.97 Å². The highest BCUT2D eigenvalue weighted by molar-refractivity contribution is 5.94. The van der Waals surface area contributed by atoms with Crippen molar-refractivity contribution in [1.29, 1.82) is 0 Å². The summed E-state index contributed by atoms with van der Waals surface area (Å²) in [6.07, 6.45) is -5.91. The van der Waals surface area contributed by atoms with Gasteiger partial charge < -0.3 is 55.1 Å². The lowest BCUT2D eigenvalue weighted by Crippen LogP contribution is -2.68. The van der Waals surface area contributed by atoms with Crippen LogP contribution in [-0.2, 0) is 23.8 Å². The fourth-order valence-electron chi connectivity index (χ4n) is 7.84. The maximum absolute atomic E-state index is 13.0. The Hall–Kier alpha value is -2.93. The molecule has 16 nitrogen and oxygen atoms in total. The molecule has 0 unspecified atom stereocenters. The summed E-state index contributed by atoms with van der Waals surface area (Å²) in [4.78, 5) is 47.2. The van der Waals surface area contributed by atoms with E-state index in [1.165, 1.54) is 6.92 Å². The lowest BCUT2D eigenvalue weighted by Gasteiger charge is -2.49. The molecule has 7 atom stereocenters. The second-order valence-corrected chi connectivity index (χ2v) is 16.2. The van der Waals surface area contributed by atoms with E-state index in [1.54, 1.807) is 12.1 Å². The number of carbonyl (C=O) groups is 3. The van der Waals surface area contributed by atoms with E-state index in [4.69, 9.17) is 14.2 Å². The third-order valence-corrected chi connectivity index (χ3v) is 11.1. The van der Waals surface area contributed by atoms with Gasteiger partial charge in [0.2, 0.25) is 5.91 Å². The molecular formula is C37H60N6O10. The summed E-state index contributed by atoms with van der Waals surface area (Å²) in [7, 11) is 2.08. The first kappa shape index (κ1) is 41.2. The average Bonchev–Trinajstić information content (AvgIpc) is 3.52. The van der Waals surface area contributed by atoms with Gasteiger partial charge in [-0.3, -0.25) is 19.4 Å². The summed E-state index contributed by atoms with van der Waals surface area (Å²) >= 11 is 0. The van der Waals surface area contributed by atoms with Crippen LogP contribution in [0.15, 0.2) is 24.3 Å². The highest BCUT2D eigenvalue weighted by atomic mass is 16.6. The second-order valence-electron chi connectivity index (χ2n) is 16.2. The number of rotatable bonds is 13. The van der Waals surface area contributed by atoms with Crippen LogP contribution < -0.4 is 15.5 Å². The third-order valence-electron chi connectivity index (χ3n) is 11.1. The number of benzene rings is 1. The first-order valence-corrected chi connectivity index (χ1v) is 18.7.